The van der Waals surface area contributed by atoms with Crippen LogP contribution < -0.4 is 0 Å². The van der Waals surface area contributed by atoms with Crippen molar-refractivity contribution in [3.63, 3.8) is 0 Å². The number of aldehydes is 1. The Hall–Kier alpha value is -0.860. The van der Waals surface area contributed by atoms with E-state index in [1.165, 1.54) is 0 Å². The zero-order valence-electron chi connectivity index (χ0n) is 5.53. The maximum absolute atomic E-state index is 10.0. The maximum Gasteiger partial charge on any atom is 0.293 e. The van der Waals surface area contributed by atoms with Gasteiger partial charge in [0.25, 0.3) is 6.47 Å². The molecule has 0 saturated carbocycles. The molecule has 3 heteroatoms. The smallest absolute Gasteiger partial charge is 0.293 e. The third kappa shape index (κ3) is 2.85. The Labute approximate surface area is 54.0 Å². The van der Waals surface area contributed by atoms with Gasteiger partial charge in [-0.05, 0) is 6.92 Å². The molecule has 0 rings (SSSR count). The number of hydrogen-bond acceptors (Lipinski definition) is 3. The van der Waals surface area contributed by atoms with E-state index in [0.29, 0.717) is 6.47 Å². The van der Waals surface area contributed by atoms with Crippen molar-refractivity contribution in [1.29, 1.82) is 0 Å². The molecule has 52 valence electrons. The minimum Gasteiger partial charge on any atom is -0.464 e. The van der Waals surface area contributed by atoms with Crippen molar-refractivity contribution in [2.24, 2.45) is 5.92 Å². The summed E-state index contributed by atoms with van der Waals surface area (Å²) >= 11 is 0. The Bertz CT molecular complexity index is 100. The third-order valence-corrected chi connectivity index (χ3v) is 1.23. The highest BCUT2D eigenvalue weighted by atomic mass is 16.5. The minimum atomic E-state index is -0.306. The van der Waals surface area contributed by atoms with Crippen LogP contribution >= 0.6 is 0 Å². The molecule has 3 nitrogen and oxygen atoms in total. The molecule has 0 fully saturated rings. The van der Waals surface area contributed by atoms with Crippen molar-refractivity contribution < 1.29 is 14.3 Å². The van der Waals surface area contributed by atoms with Gasteiger partial charge in [-0.2, -0.15) is 0 Å². The van der Waals surface area contributed by atoms with Crippen LogP contribution in [0.4, 0.5) is 0 Å². The fourth-order valence-corrected chi connectivity index (χ4v) is 0.322. The van der Waals surface area contributed by atoms with Crippen molar-refractivity contribution in [2.45, 2.75) is 20.0 Å². The van der Waals surface area contributed by atoms with Crippen LogP contribution in [0, 0.1) is 5.92 Å². The quantitative estimate of drug-likeness (QED) is 0.517. The molecule has 0 aliphatic heterocycles. The van der Waals surface area contributed by atoms with Crippen LogP contribution in [-0.4, -0.2) is 18.9 Å². The first kappa shape index (κ1) is 8.14. The van der Waals surface area contributed by atoms with E-state index in [0.717, 1.165) is 6.29 Å². The van der Waals surface area contributed by atoms with Gasteiger partial charge in [0.05, 0.1) is 0 Å². The molecule has 0 aromatic heterocycles. The normalized spacial score (nSPS) is 15.8. The number of carbonyl (C=O) groups is 2. The van der Waals surface area contributed by atoms with Crippen LogP contribution in [0.15, 0.2) is 0 Å². The van der Waals surface area contributed by atoms with Crippen molar-refractivity contribution in [2.75, 3.05) is 0 Å². The summed E-state index contributed by atoms with van der Waals surface area (Å²) in [5, 5.41) is 0. The van der Waals surface area contributed by atoms with E-state index in [2.05, 4.69) is 4.74 Å². The van der Waals surface area contributed by atoms with Crippen LogP contribution in [0.1, 0.15) is 13.8 Å². The zero-order valence-corrected chi connectivity index (χ0v) is 5.53. The van der Waals surface area contributed by atoms with E-state index in [1.54, 1.807) is 13.8 Å². The van der Waals surface area contributed by atoms with E-state index in [9.17, 15) is 9.59 Å². The van der Waals surface area contributed by atoms with Crippen molar-refractivity contribution in [3.05, 3.63) is 0 Å². The minimum absolute atomic E-state index is 0.213. The van der Waals surface area contributed by atoms with E-state index < -0.39 is 0 Å². The zero-order chi connectivity index (χ0) is 7.28. The van der Waals surface area contributed by atoms with Gasteiger partial charge in [0, 0.05) is 5.92 Å². The highest BCUT2D eigenvalue weighted by molar-refractivity contribution is 5.54. The van der Waals surface area contributed by atoms with Gasteiger partial charge in [-0.3, -0.25) is 4.79 Å². The Balaban J connectivity index is 3.56. The number of rotatable bonds is 4. The summed E-state index contributed by atoms with van der Waals surface area (Å²) < 4.78 is 4.48. The first-order valence-electron chi connectivity index (χ1n) is 2.76. The number of ether oxygens (including phenoxy) is 1. The van der Waals surface area contributed by atoms with Gasteiger partial charge in [-0.25, -0.2) is 0 Å². The molecule has 0 aromatic rings. The van der Waals surface area contributed by atoms with E-state index in [4.69, 9.17) is 0 Å². The molecule has 9 heavy (non-hydrogen) atoms. The number of carbonyl (C=O) groups excluding carboxylic acids is 2. The predicted molar refractivity (Wildman–Crippen MR) is 31.8 cm³/mol. The second kappa shape index (κ2) is 4.06. The summed E-state index contributed by atoms with van der Waals surface area (Å²) in [7, 11) is 0. The first-order chi connectivity index (χ1) is 4.22. The van der Waals surface area contributed by atoms with Crippen molar-refractivity contribution in [1.82, 2.24) is 0 Å². The lowest BCUT2D eigenvalue weighted by Crippen LogP contribution is -2.18. The monoisotopic (exact) mass is 130 g/mol. The summed E-state index contributed by atoms with van der Waals surface area (Å²) in [4.78, 5) is 19.7. The van der Waals surface area contributed by atoms with Gasteiger partial charge >= 0.3 is 0 Å². The Morgan fingerprint density at radius 1 is 1.33 bits per heavy atom. The second-order valence-electron chi connectivity index (χ2n) is 1.93. The van der Waals surface area contributed by atoms with Crippen LogP contribution in [0.5, 0.6) is 0 Å². The lowest BCUT2D eigenvalue weighted by Gasteiger charge is -2.10. The largest absolute Gasteiger partial charge is 0.464 e. The number of hydrogen-bond donors (Lipinski definition) is 0. The molecule has 0 unspecified atom stereocenters. The molecule has 0 N–H and O–H groups in total. The highest BCUT2D eigenvalue weighted by Crippen LogP contribution is 2.00. The van der Waals surface area contributed by atoms with Crippen LogP contribution in [-0.2, 0) is 14.3 Å². The Morgan fingerprint density at radius 2 is 1.89 bits per heavy atom. The molecular formula is C6H10O3. The lowest BCUT2D eigenvalue weighted by molar-refractivity contribution is -0.136. The Kier molecular flexibility index (Phi) is 3.67. The third-order valence-electron chi connectivity index (χ3n) is 1.23. The fraction of sp³-hybridized carbons (Fsp3) is 0.667. The summed E-state index contributed by atoms with van der Waals surface area (Å²) in [6.07, 6.45) is 0.453. The molecular weight excluding hydrogens is 120 g/mol. The van der Waals surface area contributed by atoms with E-state index >= 15 is 0 Å². The van der Waals surface area contributed by atoms with Crippen molar-refractivity contribution >= 4 is 12.8 Å². The first-order valence-corrected chi connectivity index (χ1v) is 2.76. The second-order valence-corrected chi connectivity index (χ2v) is 1.93. The van der Waals surface area contributed by atoms with Gasteiger partial charge in [0.2, 0.25) is 0 Å². The Morgan fingerprint density at radius 3 is 2.22 bits per heavy atom. The molecule has 0 heterocycles. The van der Waals surface area contributed by atoms with Crippen LogP contribution in [0.2, 0.25) is 0 Å². The van der Waals surface area contributed by atoms with Gasteiger partial charge in [0.15, 0.2) is 0 Å². The fourth-order valence-electron chi connectivity index (χ4n) is 0.322. The summed E-state index contributed by atoms with van der Waals surface area (Å²) in [6, 6.07) is 0. The topological polar surface area (TPSA) is 43.4 Å². The molecule has 0 saturated heterocycles. The molecule has 2 atom stereocenters. The van der Waals surface area contributed by atoms with Crippen LogP contribution in [0.3, 0.4) is 0 Å². The molecule has 0 aromatic carbocycles. The predicted octanol–water partition coefficient (Wildman–Crippen LogP) is 0.383. The molecule has 0 spiro atoms. The maximum atomic E-state index is 10.0. The molecule has 0 bridgehead atoms. The van der Waals surface area contributed by atoms with Gasteiger partial charge < -0.3 is 9.53 Å². The van der Waals surface area contributed by atoms with Gasteiger partial charge in [-0.1, -0.05) is 6.92 Å². The summed E-state index contributed by atoms with van der Waals surface area (Å²) in [6.45, 7) is 3.72. The van der Waals surface area contributed by atoms with Gasteiger partial charge in [0.1, 0.15) is 12.4 Å². The average molecular weight is 130 g/mol. The molecule has 0 aliphatic carbocycles. The standard InChI is InChI=1S/C6H10O3/c1-5(3-7)6(2)9-4-8/h3-6H,1-2H3/t5-,6-/m1/s1. The SMILES string of the molecule is C[C@H](C=O)[C@@H](C)OC=O. The van der Waals surface area contributed by atoms with Gasteiger partial charge in [-0.15, -0.1) is 0 Å². The lowest BCUT2D eigenvalue weighted by atomic mass is 10.1. The molecule has 0 amide bonds. The summed E-state index contributed by atoms with van der Waals surface area (Å²) in [5.74, 6) is -0.213. The molecule has 0 aliphatic rings. The van der Waals surface area contributed by atoms with E-state index in [1.807, 2.05) is 0 Å². The van der Waals surface area contributed by atoms with Crippen LogP contribution in [0.25, 0.3) is 0 Å². The van der Waals surface area contributed by atoms with Crippen molar-refractivity contribution in [3.8, 4) is 0 Å². The average Bonchev–Trinajstić information content (AvgIpc) is 1.87. The summed E-state index contributed by atoms with van der Waals surface area (Å²) in [5.41, 5.74) is 0. The highest BCUT2D eigenvalue weighted by Gasteiger charge is 2.10. The van der Waals surface area contributed by atoms with E-state index in [-0.39, 0.29) is 12.0 Å². The molecule has 0 radical (unpaired) electrons.